The zero-order chi connectivity index (χ0) is 46.4. The van der Waals surface area contributed by atoms with Gasteiger partial charge in [0, 0.05) is 44.0 Å². The molecule has 0 radical (unpaired) electrons. The van der Waals surface area contributed by atoms with Crippen molar-refractivity contribution in [2.75, 3.05) is 4.90 Å². The van der Waals surface area contributed by atoms with Crippen LogP contribution in [0.3, 0.4) is 0 Å². The zero-order valence-electron chi connectivity index (χ0n) is 38.4. The first-order valence-corrected chi connectivity index (χ1v) is 26.0. The summed E-state index contributed by atoms with van der Waals surface area (Å²) in [5.74, 6) is 0. The lowest BCUT2D eigenvalue weighted by Gasteiger charge is -2.34. The van der Waals surface area contributed by atoms with Crippen LogP contribution in [0.4, 0.5) is 17.1 Å². The minimum atomic E-state index is -2.64. The molecule has 3 aromatic heterocycles. The Hall–Kier alpha value is -8.96. The summed E-state index contributed by atoms with van der Waals surface area (Å²) in [5.41, 5.74) is 12.3. The minimum absolute atomic E-state index is 0.836. The molecule has 10 aromatic carbocycles. The molecule has 0 aliphatic rings. The van der Waals surface area contributed by atoms with Crippen molar-refractivity contribution in [2.24, 2.45) is 0 Å². The van der Waals surface area contributed by atoms with Crippen molar-refractivity contribution >= 4 is 94.9 Å². The van der Waals surface area contributed by atoms with E-state index in [1.807, 2.05) is 24.3 Å². The first kappa shape index (κ1) is 41.2. The third kappa shape index (κ3) is 6.88. The third-order valence-electron chi connectivity index (χ3n) is 14.2. The van der Waals surface area contributed by atoms with E-state index in [1.54, 1.807) is 6.26 Å². The van der Waals surface area contributed by atoms with Gasteiger partial charge >= 0.3 is 0 Å². The van der Waals surface area contributed by atoms with Crippen molar-refractivity contribution in [3.05, 3.63) is 279 Å². The zero-order valence-corrected chi connectivity index (χ0v) is 39.4. The summed E-state index contributed by atoms with van der Waals surface area (Å²) in [6, 6.07) is 99.7. The number of hydrogen-bond acceptors (Lipinski definition) is 2. The maximum Gasteiger partial charge on any atom is 0.179 e. The van der Waals surface area contributed by atoms with Gasteiger partial charge in [-0.1, -0.05) is 212 Å². The van der Waals surface area contributed by atoms with Crippen LogP contribution in [0.5, 0.6) is 0 Å². The van der Waals surface area contributed by atoms with Gasteiger partial charge in [-0.25, -0.2) is 0 Å². The molecule has 3 nitrogen and oxygen atoms in total. The maximum atomic E-state index is 6.08. The van der Waals surface area contributed by atoms with Crippen LogP contribution in [0, 0.1) is 0 Å². The molecule has 0 atom stereocenters. The van der Waals surface area contributed by atoms with Gasteiger partial charge in [-0.2, -0.15) is 0 Å². The van der Waals surface area contributed by atoms with Crippen molar-refractivity contribution in [1.82, 2.24) is 4.40 Å². The first-order valence-electron chi connectivity index (χ1n) is 24.0. The molecule has 0 aliphatic heterocycles. The highest BCUT2D eigenvalue weighted by molar-refractivity contribution is 7.19. The summed E-state index contributed by atoms with van der Waals surface area (Å²) in [6.07, 6.45) is 1.79. The molecule has 0 saturated carbocycles. The standard InChI is InChI=1S/C66H46N2OSi/c1-4-20-55(21-5-1)70(56-22-6-2-7-23-56,57-24-8-3-9-25-57)58-41-35-50(36-42-58)49-33-39-53(40-34-49)67(52-37-31-48(32-38-52)47-18-16-19-51-17-10-15-30-65(51)69-44-43-47)54-45-61-59-26-11-13-28-63(59)68-64-29-14-12-27-60(64)62(46-54)66(61)68/h1-46H. The third-order valence-corrected chi connectivity index (χ3v) is 19.0. The summed E-state index contributed by atoms with van der Waals surface area (Å²) in [7, 11) is -2.64. The molecule has 13 rings (SSSR count). The fourth-order valence-electron chi connectivity index (χ4n) is 11.0. The van der Waals surface area contributed by atoms with Gasteiger partial charge in [-0.15, -0.1) is 0 Å². The lowest BCUT2D eigenvalue weighted by Crippen LogP contribution is -2.74. The number of anilines is 3. The Morgan fingerprint density at radius 2 is 0.729 bits per heavy atom. The molecule has 0 spiro atoms. The van der Waals surface area contributed by atoms with Gasteiger partial charge in [0.05, 0.1) is 22.8 Å². The predicted octanol–water partition coefficient (Wildman–Crippen LogP) is 14.9. The number of para-hydroxylation sites is 3. The van der Waals surface area contributed by atoms with Gasteiger partial charge in [-0.05, 0) is 104 Å². The predicted molar refractivity (Wildman–Crippen MR) is 298 cm³/mol. The molecule has 0 unspecified atom stereocenters. The molecule has 70 heavy (non-hydrogen) atoms. The number of aromatic nitrogens is 1. The molecule has 0 aliphatic carbocycles. The van der Waals surface area contributed by atoms with Crippen molar-refractivity contribution in [3.63, 3.8) is 0 Å². The van der Waals surface area contributed by atoms with Crippen LogP contribution in [0.15, 0.2) is 284 Å². The normalized spacial score (nSPS) is 11.7. The molecule has 0 bridgehead atoms. The largest absolute Gasteiger partial charge is 0.464 e. The Bertz CT molecular complexity index is 3810. The average molecular weight is 911 g/mol. The quantitative estimate of drug-likeness (QED) is 0.106. The second kappa shape index (κ2) is 17.3. The van der Waals surface area contributed by atoms with Crippen LogP contribution in [-0.2, 0) is 0 Å². The fourth-order valence-corrected chi connectivity index (χ4v) is 15.7. The number of hydrogen-bond donors (Lipinski definition) is 0. The van der Waals surface area contributed by atoms with Crippen LogP contribution in [-0.4, -0.2) is 12.5 Å². The Morgan fingerprint density at radius 1 is 0.314 bits per heavy atom. The highest BCUT2D eigenvalue weighted by atomic mass is 28.3. The highest BCUT2D eigenvalue weighted by Gasteiger charge is 2.41. The second-order valence-electron chi connectivity index (χ2n) is 18.1. The Morgan fingerprint density at radius 3 is 1.26 bits per heavy atom. The van der Waals surface area contributed by atoms with Crippen LogP contribution in [0.2, 0.25) is 0 Å². The maximum absolute atomic E-state index is 6.08. The molecular weight excluding hydrogens is 865 g/mol. The molecule has 4 heteroatoms. The van der Waals surface area contributed by atoms with Gasteiger partial charge < -0.3 is 13.7 Å². The number of rotatable bonds is 9. The van der Waals surface area contributed by atoms with Crippen molar-refractivity contribution in [3.8, 4) is 22.3 Å². The highest BCUT2D eigenvalue weighted by Crippen LogP contribution is 2.45. The van der Waals surface area contributed by atoms with Crippen LogP contribution in [0.25, 0.3) is 71.3 Å². The number of nitrogens with zero attached hydrogens (tertiary/aromatic N) is 2. The van der Waals surface area contributed by atoms with Crippen molar-refractivity contribution < 1.29 is 4.42 Å². The summed E-state index contributed by atoms with van der Waals surface area (Å²) in [4.78, 5) is 2.41. The van der Waals surface area contributed by atoms with E-state index < -0.39 is 8.07 Å². The van der Waals surface area contributed by atoms with Gasteiger partial charge in [0.15, 0.2) is 8.07 Å². The lowest BCUT2D eigenvalue weighted by molar-refractivity contribution is 0.607. The average Bonchev–Trinajstić information content (AvgIpc) is 3.98. The van der Waals surface area contributed by atoms with Crippen LogP contribution in [0.1, 0.15) is 0 Å². The molecule has 330 valence electrons. The van der Waals surface area contributed by atoms with Gasteiger partial charge in [0.25, 0.3) is 0 Å². The fraction of sp³-hybridized carbons (Fsp3) is 0. The lowest BCUT2D eigenvalue weighted by atomic mass is 10.0. The number of fused-ring (bicyclic) bond motifs is 7. The van der Waals surface area contributed by atoms with E-state index in [2.05, 4.69) is 258 Å². The monoisotopic (exact) mass is 910 g/mol. The summed E-state index contributed by atoms with van der Waals surface area (Å²) in [5, 5.41) is 11.5. The van der Waals surface area contributed by atoms with E-state index in [0.717, 1.165) is 39.2 Å². The Labute approximate surface area is 408 Å². The Kier molecular flexibility index (Phi) is 10.2. The van der Waals surface area contributed by atoms with E-state index >= 15 is 0 Å². The van der Waals surface area contributed by atoms with Gasteiger partial charge in [-0.3, -0.25) is 0 Å². The summed E-state index contributed by atoms with van der Waals surface area (Å²) < 4.78 is 8.53. The van der Waals surface area contributed by atoms with Gasteiger partial charge in [0.2, 0.25) is 0 Å². The SMILES string of the molecule is c1ccc([Si](c2ccccc2)(c2ccccc2)c2ccc(-c3ccc(N(c4ccc(-c5cccc6ccccc6occ5)cc4)c4cc5c6ccccc6n6c7ccccc7c(c4)c56)cc3)cc2)cc1. The molecule has 0 saturated heterocycles. The van der Waals surface area contributed by atoms with E-state index in [-0.39, 0.29) is 0 Å². The van der Waals surface area contributed by atoms with E-state index in [9.17, 15) is 0 Å². The van der Waals surface area contributed by atoms with Crippen molar-refractivity contribution in [2.45, 2.75) is 0 Å². The van der Waals surface area contributed by atoms with Crippen molar-refractivity contribution in [1.29, 1.82) is 0 Å². The van der Waals surface area contributed by atoms with Gasteiger partial charge in [0.1, 0.15) is 5.58 Å². The molecule has 0 N–H and O–H groups in total. The van der Waals surface area contributed by atoms with E-state index in [0.29, 0.717) is 0 Å². The van der Waals surface area contributed by atoms with E-state index in [1.165, 1.54) is 70.0 Å². The smallest absolute Gasteiger partial charge is 0.179 e. The summed E-state index contributed by atoms with van der Waals surface area (Å²) >= 11 is 0. The van der Waals surface area contributed by atoms with E-state index in [4.69, 9.17) is 4.42 Å². The molecule has 13 aromatic rings. The minimum Gasteiger partial charge on any atom is -0.464 e. The van der Waals surface area contributed by atoms with Crippen LogP contribution < -0.4 is 25.6 Å². The first-order chi connectivity index (χ1) is 34.7. The topological polar surface area (TPSA) is 20.8 Å². The van der Waals surface area contributed by atoms with Crippen LogP contribution >= 0.6 is 0 Å². The molecular formula is C66H46N2OSi. The molecule has 0 fully saturated rings. The second-order valence-corrected chi connectivity index (χ2v) is 21.9. The molecule has 3 heterocycles. The summed E-state index contributed by atoms with van der Waals surface area (Å²) in [6.45, 7) is 0. The number of benzene rings is 10. The Balaban J connectivity index is 0.932. The molecule has 0 amide bonds.